The number of carbonyl (C=O) groups excluding carboxylic acids is 2. The molecule has 2 unspecified atom stereocenters. The molecule has 1 amide bonds. The van der Waals surface area contributed by atoms with E-state index in [0.29, 0.717) is 18.5 Å². The van der Waals surface area contributed by atoms with Crippen molar-refractivity contribution in [2.24, 2.45) is 5.92 Å². The van der Waals surface area contributed by atoms with Crippen LogP contribution in [0.2, 0.25) is 0 Å². The molecule has 1 saturated carbocycles. The molecule has 1 heterocycles. The van der Waals surface area contributed by atoms with Crippen molar-refractivity contribution in [3.05, 3.63) is 34.1 Å². The van der Waals surface area contributed by atoms with E-state index in [1.807, 2.05) is 0 Å². The molecule has 3 atom stereocenters. The lowest BCUT2D eigenvalue weighted by atomic mass is 9.93. The Balaban J connectivity index is 1.94. The van der Waals surface area contributed by atoms with E-state index in [0.717, 1.165) is 4.47 Å². The van der Waals surface area contributed by atoms with Crippen LogP contribution in [0.25, 0.3) is 0 Å². The number of piperidine rings is 1. The highest BCUT2D eigenvalue weighted by Crippen LogP contribution is 2.62. The Morgan fingerprint density at radius 3 is 2.62 bits per heavy atom. The van der Waals surface area contributed by atoms with Gasteiger partial charge in [0.1, 0.15) is 11.4 Å². The van der Waals surface area contributed by atoms with Crippen molar-refractivity contribution in [3.63, 3.8) is 0 Å². The highest BCUT2D eigenvalue weighted by Gasteiger charge is 2.68. The summed E-state index contributed by atoms with van der Waals surface area (Å²) in [7, 11) is 0. The largest absolute Gasteiger partial charge is 0.444 e. The Bertz CT molecular complexity index is 715. The van der Waals surface area contributed by atoms with Gasteiger partial charge in [-0.3, -0.25) is 9.69 Å². The van der Waals surface area contributed by atoms with E-state index in [-0.39, 0.29) is 17.5 Å². The van der Waals surface area contributed by atoms with Crippen molar-refractivity contribution >= 4 is 27.8 Å². The SMILES string of the molecule is CC(=O)C1C2C[C@]2(c2cc(Br)ccc2F)CN1C(=O)OC(C)(C)C. The molecule has 1 aliphatic carbocycles. The minimum atomic E-state index is -0.639. The summed E-state index contributed by atoms with van der Waals surface area (Å²) in [5.74, 6) is -0.430. The normalized spacial score (nSPS) is 28.5. The molecule has 1 saturated heterocycles. The summed E-state index contributed by atoms with van der Waals surface area (Å²) in [6, 6.07) is 4.28. The summed E-state index contributed by atoms with van der Waals surface area (Å²) in [5.41, 5.74) is -0.556. The van der Waals surface area contributed by atoms with Crippen molar-refractivity contribution in [1.29, 1.82) is 0 Å². The number of Topliss-reactive ketones (excluding diaryl/α,β-unsaturated/α-hetero) is 1. The van der Waals surface area contributed by atoms with Crippen LogP contribution in [0.3, 0.4) is 0 Å². The van der Waals surface area contributed by atoms with Crippen molar-refractivity contribution < 1.29 is 18.7 Å². The topological polar surface area (TPSA) is 46.6 Å². The molecule has 1 aromatic carbocycles. The van der Waals surface area contributed by atoms with Crippen LogP contribution in [0.5, 0.6) is 0 Å². The van der Waals surface area contributed by atoms with Crippen LogP contribution >= 0.6 is 15.9 Å². The van der Waals surface area contributed by atoms with E-state index in [9.17, 15) is 14.0 Å². The zero-order valence-corrected chi connectivity index (χ0v) is 15.8. The molecule has 2 aliphatic rings. The lowest BCUT2D eigenvalue weighted by molar-refractivity contribution is -0.122. The van der Waals surface area contributed by atoms with Gasteiger partial charge in [-0.05, 0) is 63.8 Å². The molecule has 1 aromatic rings. The first-order valence-electron chi connectivity index (χ1n) is 8.01. The maximum Gasteiger partial charge on any atom is 0.410 e. The van der Waals surface area contributed by atoms with Crippen LogP contribution < -0.4 is 0 Å². The Kier molecular flexibility index (Phi) is 4.02. The molecular formula is C18H21BrFNO3. The first-order chi connectivity index (χ1) is 11.0. The minimum Gasteiger partial charge on any atom is -0.444 e. The molecular weight excluding hydrogens is 377 g/mol. The summed E-state index contributed by atoms with van der Waals surface area (Å²) >= 11 is 3.38. The summed E-state index contributed by atoms with van der Waals surface area (Å²) in [5, 5.41) is 0. The van der Waals surface area contributed by atoms with Crippen molar-refractivity contribution in [1.82, 2.24) is 4.90 Å². The molecule has 1 aliphatic heterocycles. The van der Waals surface area contributed by atoms with Crippen molar-refractivity contribution in [3.8, 4) is 0 Å². The molecule has 3 rings (SSSR count). The molecule has 0 N–H and O–H groups in total. The number of ether oxygens (including phenoxy) is 1. The van der Waals surface area contributed by atoms with E-state index in [4.69, 9.17) is 4.74 Å². The maximum absolute atomic E-state index is 14.4. The van der Waals surface area contributed by atoms with Gasteiger partial charge in [0.15, 0.2) is 5.78 Å². The third kappa shape index (κ3) is 2.85. The van der Waals surface area contributed by atoms with Crippen LogP contribution in [-0.2, 0) is 14.9 Å². The number of amides is 1. The highest BCUT2D eigenvalue weighted by molar-refractivity contribution is 9.10. The fourth-order valence-corrected chi connectivity index (χ4v) is 4.19. The monoisotopic (exact) mass is 397 g/mol. The number of fused-ring (bicyclic) bond motifs is 1. The van der Waals surface area contributed by atoms with Gasteiger partial charge in [0.2, 0.25) is 0 Å². The second-order valence-corrected chi connectivity index (χ2v) is 8.67. The van der Waals surface area contributed by atoms with Crippen LogP contribution in [0, 0.1) is 11.7 Å². The molecule has 6 heteroatoms. The number of benzene rings is 1. The lowest BCUT2D eigenvalue weighted by Crippen LogP contribution is -2.45. The number of carbonyl (C=O) groups is 2. The van der Waals surface area contributed by atoms with Gasteiger partial charge in [0.05, 0.1) is 6.04 Å². The summed E-state index contributed by atoms with van der Waals surface area (Å²) in [4.78, 5) is 26.1. The van der Waals surface area contributed by atoms with Crippen molar-refractivity contribution in [2.75, 3.05) is 6.54 Å². The molecule has 0 aromatic heterocycles. The smallest absolute Gasteiger partial charge is 0.410 e. The Morgan fingerprint density at radius 2 is 2.04 bits per heavy atom. The van der Waals surface area contributed by atoms with E-state index in [1.54, 1.807) is 32.9 Å². The number of hydrogen-bond donors (Lipinski definition) is 0. The highest BCUT2D eigenvalue weighted by atomic mass is 79.9. The average Bonchev–Trinajstić information content (AvgIpc) is 3.05. The standard InChI is InChI=1S/C18H21BrFNO3/c1-10(22)15-13-8-18(13,12-7-11(19)5-6-14(12)20)9-21(15)16(23)24-17(2,3)4/h5-7,13,15H,8-9H2,1-4H3/t13?,15?,18-/m1/s1. The van der Waals surface area contributed by atoms with Gasteiger partial charge in [0.25, 0.3) is 0 Å². The predicted octanol–water partition coefficient (Wildman–Crippen LogP) is 4.05. The van der Waals surface area contributed by atoms with Gasteiger partial charge in [0, 0.05) is 16.4 Å². The lowest BCUT2D eigenvalue weighted by Gasteiger charge is -2.29. The maximum atomic E-state index is 14.4. The molecule has 4 nitrogen and oxygen atoms in total. The van der Waals surface area contributed by atoms with Gasteiger partial charge in [-0.1, -0.05) is 15.9 Å². The Morgan fingerprint density at radius 1 is 1.38 bits per heavy atom. The third-order valence-corrected chi connectivity index (χ3v) is 5.31. The fourth-order valence-electron chi connectivity index (χ4n) is 3.82. The van der Waals surface area contributed by atoms with Gasteiger partial charge in [-0.2, -0.15) is 0 Å². The number of nitrogens with zero attached hydrogens (tertiary/aromatic N) is 1. The molecule has 130 valence electrons. The van der Waals surface area contributed by atoms with Crippen LogP contribution in [0.4, 0.5) is 9.18 Å². The Hall–Kier alpha value is -1.43. The average molecular weight is 398 g/mol. The van der Waals surface area contributed by atoms with Gasteiger partial charge < -0.3 is 4.74 Å². The summed E-state index contributed by atoms with van der Waals surface area (Å²) < 4.78 is 20.6. The molecule has 0 radical (unpaired) electrons. The number of rotatable bonds is 2. The second-order valence-electron chi connectivity index (χ2n) is 7.75. The van der Waals surface area contributed by atoms with E-state index < -0.39 is 23.2 Å². The second kappa shape index (κ2) is 5.55. The third-order valence-electron chi connectivity index (χ3n) is 4.81. The van der Waals surface area contributed by atoms with Crippen molar-refractivity contribution in [2.45, 2.75) is 51.2 Å². The number of ketones is 1. The molecule has 24 heavy (non-hydrogen) atoms. The first-order valence-corrected chi connectivity index (χ1v) is 8.80. The molecule has 0 spiro atoms. The molecule has 2 fully saturated rings. The zero-order chi connectivity index (χ0) is 17.9. The van der Waals surface area contributed by atoms with E-state index >= 15 is 0 Å². The van der Waals surface area contributed by atoms with Gasteiger partial charge >= 0.3 is 6.09 Å². The first kappa shape index (κ1) is 17.4. The Labute approximate surface area is 149 Å². The quantitative estimate of drug-likeness (QED) is 0.755. The number of halogens is 2. The van der Waals surface area contributed by atoms with E-state index in [2.05, 4.69) is 15.9 Å². The minimum absolute atomic E-state index is 0.0497. The van der Waals surface area contributed by atoms with Crippen LogP contribution in [0.15, 0.2) is 22.7 Å². The number of hydrogen-bond acceptors (Lipinski definition) is 3. The van der Waals surface area contributed by atoms with Crippen LogP contribution in [-0.4, -0.2) is 35.0 Å². The zero-order valence-electron chi connectivity index (χ0n) is 14.2. The fraction of sp³-hybridized carbons (Fsp3) is 0.556. The molecule has 0 bridgehead atoms. The predicted molar refractivity (Wildman–Crippen MR) is 91.3 cm³/mol. The van der Waals surface area contributed by atoms with Crippen LogP contribution in [0.1, 0.15) is 39.7 Å². The summed E-state index contributed by atoms with van der Waals surface area (Å²) in [6.45, 7) is 7.15. The van der Waals surface area contributed by atoms with Gasteiger partial charge in [-0.15, -0.1) is 0 Å². The summed E-state index contributed by atoms with van der Waals surface area (Å²) in [6.07, 6.45) is 0.203. The van der Waals surface area contributed by atoms with E-state index in [1.165, 1.54) is 17.9 Å². The van der Waals surface area contributed by atoms with Gasteiger partial charge in [-0.25, -0.2) is 9.18 Å². The number of likely N-dealkylation sites (tertiary alicyclic amines) is 1.